The zero-order valence-electron chi connectivity index (χ0n) is 14.6. The summed E-state index contributed by atoms with van der Waals surface area (Å²) in [7, 11) is 1.59. The van der Waals surface area contributed by atoms with Gasteiger partial charge in [-0.2, -0.15) is 0 Å². The van der Waals surface area contributed by atoms with E-state index < -0.39 is 0 Å². The van der Waals surface area contributed by atoms with E-state index in [4.69, 9.17) is 48.7 Å². The lowest BCUT2D eigenvalue weighted by molar-refractivity contribution is 0.284. The van der Waals surface area contributed by atoms with Crippen LogP contribution in [0.25, 0.3) is 0 Å². The van der Waals surface area contributed by atoms with Gasteiger partial charge in [0.05, 0.1) is 30.0 Å². The van der Waals surface area contributed by atoms with E-state index in [1.165, 1.54) is 0 Å². The van der Waals surface area contributed by atoms with Gasteiger partial charge in [-0.3, -0.25) is 0 Å². The summed E-state index contributed by atoms with van der Waals surface area (Å²) in [5.74, 6) is 2.03. The van der Waals surface area contributed by atoms with E-state index >= 15 is 0 Å². The molecule has 27 heavy (non-hydrogen) atoms. The molecule has 0 saturated heterocycles. The van der Waals surface area contributed by atoms with E-state index in [0.717, 1.165) is 16.9 Å². The van der Waals surface area contributed by atoms with Crippen LogP contribution in [0.1, 0.15) is 16.9 Å². The number of nitrogens with one attached hydrogen (secondary N) is 1. The van der Waals surface area contributed by atoms with E-state index in [0.29, 0.717) is 46.3 Å². The van der Waals surface area contributed by atoms with Crippen molar-refractivity contribution in [3.63, 3.8) is 0 Å². The van der Waals surface area contributed by atoms with Crippen LogP contribution >= 0.6 is 34.8 Å². The first-order valence-corrected chi connectivity index (χ1v) is 9.36. The Hall–Kier alpha value is -1.85. The lowest BCUT2D eigenvalue weighted by atomic mass is 10.2. The van der Waals surface area contributed by atoms with E-state index in [2.05, 4.69) is 5.32 Å². The Morgan fingerprint density at radius 3 is 2.48 bits per heavy atom. The number of methoxy groups -OCH3 is 1. The summed E-state index contributed by atoms with van der Waals surface area (Å²) in [5.41, 5.74) is 1.80. The maximum absolute atomic E-state index is 6.41. The molecule has 0 saturated carbocycles. The fraction of sp³-hybridized carbons (Fsp3) is 0.200. The number of hydrogen-bond acceptors (Lipinski definition) is 4. The van der Waals surface area contributed by atoms with Crippen molar-refractivity contribution in [1.82, 2.24) is 5.32 Å². The summed E-state index contributed by atoms with van der Waals surface area (Å²) in [5, 5.41) is 4.87. The van der Waals surface area contributed by atoms with Gasteiger partial charge in [-0.1, -0.05) is 40.9 Å². The summed E-state index contributed by atoms with van der Waals surface area (Å²) in [4.78, 5) is 0. The lowest BCUT2D eigenvalue weighted by Gasteiger charge is -2.14. The molecule has 1 heterocycles. The van der Waals surface area contributed by atoms with Gasteiger partial charge in [0.1, 0.15) is 12.4 Å². The second kappa shape index (κ2) is 9.38. The Morgan fingerprint density at radius 1 is 0.926 bits per heavy atom. The van der Waals surface area contributed by atoms with Crippen molar-refractivity contribution in [2.24, 2.45) is 0 Å². The molecular weight excluding hydrogens is 409 g/mol. The minimum absolute atomic E-state index is 0.319. The molecule has 7 heteroatoms. The van der Waals surface area contributed by atoms with Crippen LogP contribution in [-0.2, 0) is 19.7 Å². The van der Waals surface area contributed by atoms with Gasteiger partial charge in [0.15, 0.2) is 11.5 Å². The van der Waals surface area contributed by atoms with Gasteiger partial charge < -0.3 is 19.2 Å². The largest absolute Gasteiger partial charge is 0.493 e. The van der Waals surface area contributed by atoms with Crippen LogP contribution in [-0.4, -0.2) is 7.11 Å². The summed E-state index contributed by atoms with van der Waals surface area (Å²) in [6.45, 7) is 1.50. The highest BCUT2D eigenvalue weighted by Gasteiger charge is 2.11. The Kier molecular flexibility index (Phi) is 6.91. The molecule has 3 aromatic rings. The topological polar surface area (TPSA) is 43.6 Å². The molecule has 0 aliphatic heterocycles. The average molecular weight is 427 g/mol. The Bertz CT molecular complexity index is 898. The van der Waals surface area contributed by atoms with Gasteiger partial charge in [0.25, 0.3) is 0 Å². The first-order valence-electron chi connectivity index (χ1n) is 8.23. The van der Waals surface area contributed by atoms with Crippen LogP contribution in [0.3, 0.4) is 0 Å². The number of rotatable bonds is 8. The van der Waals surface area contributed by atoms with Crippen molar-refractivity contribution < 1.29 is 13.9 Å². The van der Waals surface area contributed by atoms with E-state index in [-0.39, 0.29) is 0 Å². The normalized spacial score (nSPS) is 10.8. The molecule has 1 N–H and O–H groups in total. The highest BCUT2D eigenvalue weighted by Crippen LogP contribution is 2.34. The van der Waals surface area contributed by atoms with Crippen molar-refractivity contribution >= 4 is 34.8 Å². The zero-order valence-corrected chi connectivity index (χ0v) is 16.9. The number of benzene rings is 2. The summed E-state index contributed by atoms with van der Waals surface area (Å²) in [6, 6.07) is 12.7. The predicted molar refractivity (Wildman–Crippen MR) is 108 cm³/mol. The van der Waals surface area contributed by atoms with Gasteiger partial charge in [-0.05, 0) is 41.5 Å². The third-order valence-electron chi connectivity index (χ3n) is 3.91. The molecule has 0 atom stereocenters. The smallest absolute Gasteiger partial charge is 0.163 e. The maximum atomic E-state index is 6.41. The molecule has 0 radical (unpaired) electrons. The Morgan fingerprint density at radius 2 is 1.78 bits per heavy atom. The number of hydrogen-bond donors (Lipinski definition) is 1. The van der Waals surface area contributed by atoms with Crippen LogP contribution in [0.2, 0.25) is 15.1 Å². The van der Waals surface area contributed by atoms with Crippen LogP contribution in [0, 0.1) is 0 Å². The van der Waals surface area contributed by atoms with Gasteiger partial charge in [-0.25, -0.2) is 0 Å². The van der Waals surface area contributed by atoms with Crippen LogP contribution in [0.15, 0.2) is 53.1 Å². The van der Waals surface area contributed by atoms with Crippen molar-refractivity contribution in [2.45, 2.75) is 19.7 Å². The van der Waals surface area contributed by atoms with E-state index in [1.54, 1.807) is 31.6 Å². The molecule has 0 spiro atoms. The lowest BCUT2D eigenvalue weighted by Crippen LogP contribution is -2.12. The molecule has 0 amide bonds. The summed E-state index contributed by atoms with van der Waals surface area (Å²) < 4.78 is 16.6. The number of ether oxygens (including phenoxy) is 2. The van der Waals surface area contributed by atoms with Crippen molar-refractivity contribution in [1.29, 1.82) is 0 Å². The molecule has 2 aromatic carbocycles. The molecular formula is C20H18Cl3NO3. The first kappa shape index (κ1) is 19.9. The molecule has 0 bridgehead atoms. The summed E-state index contributed by atoms with van der Waals surface area (Å²) >= 11 is 18.4. The molecule has 0 aliphatic carbocycles. The Labute approximate surface area is 172 Å². The Balaban J connectivity index is 1.66. The molecule has 0 unspecified atom stereocenters. The molecule has 142 valence electrons. The van der Waals surface area contributed by atoms with Gasteiger partial charge in [0.2, 0.25) is 0 Å². The monoisotopic (exact) mass is 425 g/mol. The van der Waals surface area contributed by atoms with Gasteiger partial charge >= 0.3 is 0 Å². The highest BCUT2D eigenvalue weighted by atomic mass is 35.5. The molecule has 0 aliphatic rings. The van der Waals surface area contributed by atoms with Gasteiger partial charge in [0, 0.05) is 17.6 Å². The van der Waals surface area contributed by atoms with E-state index in [9.17, 15) is 0 Å². The first-order chi connectivity index (χ1) is 13.1. The molecule has 3 rings (SSSR count). The average Bonchev–Trinajstić information content (AvgIpc) is 3.17. The van der Waals surface area contributed by atoms with Crippen LogP contribution in [0.4, 0.5) is 0 Å². The molecule has 0 fully saturated rings. The van der Waals surface area contributed by atoms with Crippen molar-refractivity contribution in [3.05, 3.63) is 80.7 Å². The second-order valence-corrected chi connectivity index (χ2v) is 7.04. The number of halogens is 3. The van der Waals surface area contributed by atoms with Crippen LogP contribution in [0.5, 0.6) is 11.5 Å². The van der Waals surface area contributed by atoms with Crippen LogP contribution < -0.4 is 14.8 Å². The standard InChI is InChI=1S/C20H18Cl3NO3/c1-25-19-8-14(10-24-11-15-3-2-6-26-15)17(22)9-20(19)27-12-13-4-5-16(21)18(23)7-13/h2-9,24H,10-12H2,1H3. The molecule has 4 nitrogen and oxygen atoms in total. The third-order valence-corrected chi connectivity index (χ3v) is 5.00. The van der Waals surface area contributed by atoms with Gasteiger partial charge in [-0.15, -0.1) is 0 Å². The quantitative estimate of drug-likeness (QED) is 0.471. The van der Waals surface area contributed by atoms with Crippen molar-refractivity contribution in [3.8, 4) is 11.5 Å². The predicted octanol–water partition coefficient (Wildman–Crippen LogP) is 6.12. The fourth-order valence-electron chi connectivity index (χ4n) is 2.51. The second-order valence-electron chi connectivity index (χ2n) is 5.81. The zero-order chi connectivity index (χ0) is 19.2. The summed E-state index contributed by atoms with van der Waals surface area (Å²) in [6.07, 6.45) is 1.65. The SMILES string of the molecule is COc1cc(CNCc2ccco2)c(Cl)cc1OCc1ccc(Cl)c(Cl)c1. The minimum atomic E-state index is 0.319. The highest BCUT2D eigenvalue weighted by molar-refractivity contribution is 6.42. The minimum Gasteiger partial charge on any atom is -0.493 e. The number of furan rings is 1. The van der Waals surface area contributed by atoms with E-state index in [1.807, 2.05) is 24.3 Å². The van der Waals surface area contributed by atoms with Crippen molar-refractivity contribution in [2.75, 3.05) is 7.11 Å². The molecule has 1 aromatic heterocycles. The fourth-order valence-corrected chi connectivity index (χ4v) is 3.05. The maximum Gasteiger partial charge on any atom is 0.163 e. The third kappa shape index (κ3) is 5.33.